The smallest absolute Gasteiger partial charge is 0.222 e. The van der Waals surface area contributed by atoms with E-state index < -0.39 is 0 Å². The molecule has 1 aliphatic heterocycles. The maximum Gasteiger partial charge on any atom is 0.222 e. The van der Waals surface area contributed by atoms with Crippen LogP contribution >= 0.6 is 0 Å². The molecule has 1 aromatic heterocycles. The number of nitrogens with zero attached hydrogens (tertiary/aromatic N) is 2. The molecular formula is C13H20N4O3. The molecule has 0 unspecified atom stereocenters. The Labute approximate surface area is 118 Å². The van der Waals surface area contributed by atoms with E-state index in [9.17, 15) is 4.79 Å². The summed E-state index contributed by atoms with van der Waals surface area (Å²) in [6.07, 6.45) is 1.53. The Bertz CT molecular complexity index is 461. The van der Waals surface area contributed by atoms with E-state index in [1.54, 1.807) is 6.07 Å². The van der Waals surface area contributed by atoms with Crippen molar-refractivity contribution in [3.05, 3.63) is 12.3 Å². The van der Waals surface area contributed by atoms with E-state index >= 15 is 0 Å². The molecule has 110 valence electrons. The Morgan fingerprint density at radius 3 is 2.95 bits per heavy atom. The van der Waals surface area contributed by atoms with Gasteiger partial charge in [0, 0.05) is 32.6 Å². The molecule has 2 heterocycles. The van der Waals surface area contributed by atoms with Crippen LogP contribution in [0.3, 0.4) is 0 Å². The molecule has 7 nitrogen and oxygen atoms in total. The number of carbonyl (C=O) groups excluding carboxylic acids is 1. The van der Waals surface area contributed by atoms with Gasteiger partial charge in [-0.05, 0) is 0 Å². The molecule has 3 N–H and O–H groups in total. The summed E-state index contributed by atoms with van der Waals surface area (Å²) in [5.41, 5.74) is 6.33. The van der Waals surface area contributed by atoms with E-state index in [0.717, 1.165) is 32.8 Å². The summed E-state index contributed by atoms with van der Waals surface area (Å²) in [6.45, 7) is 6.20. The van der Waals surface area contributed by atoms with Crippen molar-refractivity contribution in [2.24, 2.45) is 0 Å². The quantitative estimate of drug-likeness (QED) is 0.808. The third-order valence-corrected chi connectivity index (χ3v) is 2.97. The van der Waals surface area contributed by atoms with Gasteiger partial charge in [-0.1, -0.05) is 0 Å². The van der Waals surface area contributed by atoms with Gasteiger partial charge in [0.1, 0.15) is 12.4 Å². The normalized spacial score (nSPS) is 15.8. The van der Waals surface area contributed by atoms with Crippen molar-refractivity contribution in [2.75, 3.05) is 50.5 Å². The number of morpholine rings is 1. The maximum absolute atomic E-state index is 10.9. The van der Waals surface area contributed by atoms with Gasteiger partial charge in [-0.2, -0.15) is 0 Å². The summed E-state index contributed by atoms with van der Waals surface area (Å²) >= 11 is 0. The summed E-state index contributed by atoms with van der Waals surface area (Å²) in [5, 5.41) is 2.57. The number of hydrogen-bond acceptors (Lipinski definition) is 6. The highest BCUT2D eigenvalue weighted by atomic mass is 16.5. The molecule has 1 saturated heterocycles. The van der Waals surface area contributed by atoms with Crippen molar-refractivity contribution >= 4 is 17.4 Å². The molecule has 0 atom stereocenters. The molecule has 1 aliphatic rings. The summed E-state index contributed by atoms with van der Waals surface area (Å²) in [4.78, 5) is 17.3. The Balaban J connectivity index is 1.81. The number of nitrogens with one attached hydrogen (secondary N) is 1. The largest absolute Gasteiger partial charge is 0.488 e. The van der Waals surface area contributed by atoms with Gasteiger partial charge in [0.25, 0.3) is 0 Å². The van der Waals surface area contributed by atoms with Crippen molar-refractivity contribution in [1.29, 1.82) is 0 Å². The highest BCUT2D eigenvalue weighted by Gasteiger charge is 2.10. The highest BCUT2D eigenvalue weighted by Crippen LogP contribution is 2.22. The fourth-order valence-electron chi connectivity index (χ4n) is 1.94. The van der Waals surface area contributed by atoms with Gasteiger partial charge in [-0.15, -0.1) is 0 Å². The molecule has 1 amide bonds. The molecule has 0 aromatic carbocycles. The zero-order valence-corrected chi connectivity index (χ0v) is 11.6. The third-order valence-electron chi connectivity index (χ3n) is 2.97. The van der Waals surface area contributed by atoms with Crippen molar-refractivity contribution in [2.45, 2.75) is 6.92 Å². The van der Waals surface area contributed by atoms with E-state index in [2.05, 4.69) is 15.2 Å². The molecule has 0 saturated carbocycles. The Morgan fingerprint density at radius 1 is 1.55 bits per heavy atom. The first kappa shape index (κ1) is 14.5. The first-order valence-corrected chi connectivity index (χ1v) is 6.61. The number of anilines is 2. The lowest BCUT2D eigenvalue weighted by atomic mass is 10.3. The molecule has 0 bridgehead atoms. The van der Waals surface area contributed by atoms with Gasteiger partial charge in [0.05, 0.1) is 25.1 Å². The van der Waals surface area contributed by atoms with Crippen molar-refractivity contribution in [3.63, 3.8) is 0 Å². The minimum absolute atomic E-state index is 0.183. The number of aromatic nitrogens is 1. The molecule has 1 aromatic rings. The monoisotopic (exact) mass is 280 g/mol. The standard InChI is InChI=1S/C13H20N4O3/c1-10(18)16-13-8-11(14)12(9-15-13)20-7-4-17-2-5-19-6-3-17/h8-9H,2-7H2,1H3,(H3,14,15,16,18). The number of ether oxygens (including phenoxy) is 2. The minimum Gasteiger partial charge on any atom is -0.488 e. The Hall–Kier alpha value is -1.86. The van der Waals surface area contributed by atoms with Gasteiger partial charge < -0.3 is 20.5 Å². The summed E-state index contributed by atoms with van der Waals surface area (Å²) in [7, 11) is 0. The molecule has 20 heavy (non-hydrogen) atoms. The highest BCUT2D eigenvalue weighted by molar-refractivity contribution is 5.88. The average molecular weight is 280 g/mol. The lowest BCUT2D eigenvalue weighted by Gasteiger charge is -2.26. The second-order valence-corrected chi connectivity index (χ2v) is 4.59. The number of carbonyl (C=O) groups is 1. The van der Waals surface area contributed by atoms with Crippen LogP contribution in [0.15, 0.2) is 12.3 Å². The van der Waals surface area contributed by atoms with Crippen LogP contribution < -0.4 is 15.8 Å². The summed E-state index contributed by atoms with van der Waals surface area (Å²) in [5.74, 6) is 0.778. The van der Waals surface area contributed by atoms with E-state index in [1.165, 1.54) is 13.1 Å². The van der Waals surface area contributed by atoms with Gasteiger partial charge >= 0.3 is 0 Å². The second kappa shape index (κ2) is 7.06. The predicted molar refractivity (Wildman–Crippen MR) is 75.7 cm³/mol. The number of rotatable bonds is 5. The fraction of sp³-hybridized carbons (Fsp3) is 0.538. The SMILES string of the molecule is CC(=O)Nc1cc(N)c(OCCN2CCOCC2)cn1. The van der Waals surface area contributed by atoms with Gasteiger partial charge in [-0.25, -0.2) is 4.98 Å². The number of nitrogens with two attached hydrogens (primary N) is 1. The lowest BCUT2D eigenvalue weighted by molar-refractivity contribution is -0.114. The summed E-state index contributed by atoms with van der Waals surface area (Å²) in [6, 6.07) is 1.59. The van der Waals surface area contributed by atoms with Crippen molar-refractivity contribution in [1.82, 2.24) is 9.88 Å². The van der Waals surface area contributed by atoms with Gasteiger partial charge in [-0.3, -0.25) is 9.69 Å². The molecule has 7 heteroatoms. The van der Waals surface area contributed by atoms with Crippen LogP contribution in [-0.2, 0) is 9.53 Å². The molecule has 2 rings (SSSR count). The molecule has 0 spiro atoms. The van der Waals surface area contributed by atoms with Gasteiger partial charge in [0.2, 0.25) is 5.91 Å². The third kappa shape index (κ3) is 4.36. The number of amides is 1. The van der Waals surface area contributed by atoms with Crippen molar-refractivity contribution < 1.29 is 14.3 Å². The maximum atomic E-state index is 10.9. The number of nitrogen functional groups attached to an aromatic ring is 1. The lowest BCUT2D eigenvalue weighted by Crippen LogP contribution is -2.38. The summed E-state index contributed by atoms with van der Waals surface area (Å²) < 4.78 is 10.9. The Morgan fingerprint density at radius 2 is 2.30 bits per heavy atom. The van der Waals surface area contributed by atoms with E-state index in [1.807, 2.05) is 0 Å². The number of pyridine rings is 1. The zero-order valence-electron chi connectivity index (χ0n) is 11.6. The van der Waals surface area contributed by atoms with Crippen LogP contribution in [0.2, 0.25) is 0 Å². The van der Waals surface area contributed by atoms with Crippen molar-refractivity contribution in [3.8, 4) is 5.75 Å². The first-order chi connectivity index (χ1) is 9.65. The van der Waals surface area contributed by atoms with Crippen LogP contribution in [-0.4, -0.2) is 55.2 Å². The van der Waals surface area contributed by atoms with E-state index in [-0.39, 0.29) is 5.91 Å². The van der Waals surface area contributed by atoms with Crippen LogP contribution in [0.5, 0.6) is 5.75 Å². The molecule has 0 radical (unpaired) electrons. The van der Waals surface area contributed by atoms with E-state index in [4.69, 9.17) is 15.2 Å². The van der Waals surface area contributed by atoms with Crippen LogP contribution in [0.1, 0.15) is 6.92 Å². The topological polar surface area (TPSA) is 89.7 Å². The average Bonchev–Trinajstić information content (AvgIpc) is 2.42. The van der Waals surface area contributed by atoms with Crippen LogP contribution in [0, 0.1) is 0 Å². The predicted octanol–water partition coefficient (Wildman–Crippen LogP) is 0.333. The Kier molecular flexibility index (Phi) is 5.14. The molecular weight excluding hydrogens is 260 g/mol. The number of hydrogen-bond donors (Lipinski definition) is 2. The van der Waals surface area contributed by atoms with E-state index in [0.29, 0.717) is 23.9 Å². The molecule has 1 fully saturated rings. The fourth-order valence-corrected chi connectivity index (χ4v) is 1.94. The zero-order chi connectivity index (χ0) is 14.4. The van der Waals surface area contributed by atoms with Gasteiger partial charge in [0.15, 0.2) is 5.75 Å². The first-order valence-electron chi connectivity index (χ1n) is 6.61. The van der Waals surface area contributed by atoms with Crippen LogP contribution in [0.25, 0.3) is 0 Å². The second-order valence-electron chi connectivity index (χ2n) is 4.59. The van der Waals surface area contributed by atoms with Crippen LogP contribution in [0.4, 0.5) is 11.5 Å². The minimum atomic E-state index is -0.183. The molecule has 0 aliphatic carbocycles.